The van der Waals surface area contributed by atoms with Crippen molar-refractivity contribution in [1.29, 1.82) is 0 Å². The van der Waals surface area contributed by atoms with Gasteiger partial charge >= 0.3 is 0 Å². The first-order valence-electron chi connectivity index (χ1n) is 4.21. The SMILES string of the molecule is C[C@@H]1CC[C@@H](C)N1CCN. The van der Waals surface area contributed by atoms with Gasteiger partial charge in [0, 0.05) is 25.2 Å². The molecule has 0 aromatic rings. The summed E-state index contributed by atoms with van der Waals surface area (Å²) in [5, 5.41) is 0. The molecule has 0 amide bonds. The van der Waals surface area contributed by atoms with Crippen LogP contribution in [0.2, 0.25) is 0 Å². The van der Waals surface area contributed by atoms with E-state index in [-0.39, 0.29) is 0 Å². The topological polar surface area (TPSA) is 29.3 Å². The van der Waals surface area contributed by atoms with E-state index >= 15 is 0 Å². The smallest absolute Gasteiger partial charge is 0.0110 e. The molecule has 0 spiro atoms. The molecule has 0 unspecified atom stereocenters. The standard InChI is InChI=1S/C8H18N2/c1-7-3-4-8(2)10(7)6-5-9/h7-8H,3-6,9H2,1-2H3/t7-,8-/m1/s1. The van der Waals surface area contributed by atoms with Gasteiger partial charge in [-0.1, -0.05) is 0 Å². The third-order valence-corrected chi connectivity index (χ3v) is 2.52. The minimum atomic E-state index is 0.763. The number of nitrogens with zero attached hydrogens (tertiary/aromatic N) is 1. The zero-order chi connectivity index (χ0) is 7.56. The van der Waals surface area contributed by atoms with Crippen molar-refractivity contribution in [2.75, 3.05) is 13.1 Å². The van der Waals surface area contributed by atoms with E-state index in [9.17, 15) is 0 Å². The maximum Gasteiger partial charge on any atom is 0.0110 e. The fraction of sp³-hybridized carbons (Fsp3) is 1.00. The van der Waals surface area contributed by atoms with Gasteiger partial charge in [0.05, 0.1) is 0 Å². The highest BCUT2D eigenvalue weighted by atomic mass is 15.2. The highest BCUT2D eigenvalue weighted by molar-refractivity contribution is 4.81. The molecule has 0 aromatic heterocycles. The molecule has 1 fully saturated rings. The van der Waals surface area contributed by atoms with Crippen LogP contribution in [-0.4, -0.2) is 30.1 Å². The Morgan fingerprint density at radius 1 is 1.30 bits per heavy atom. The van der Waals surface area contributed by atoms with Gasteiger partial charge in [-0.3, -0.25) is 4.90 Å². The number of hydrogen-bond donors (Lipinski definition) is 1. The van der Waals surface area contributed by atoms with Gasteiger partial charge < -0.3 is 5.73 Å². The number of hydrogen-bond acceptors (Lipinski definition) is 2. The van der Waals surface area contributed by atoms with Crippen LogP contribution in [0.3, 0.4) is 0 Å². The quantitative estimate of drug-likeness (QED) is 0.618. The Morgan fingerprint density at radius 2 is 1.80 bits per heavy atom. The van der Waals surface area contributed by atoms with Crippen LogP contribution in [0.1, 0.15) is 26.7 Å². The average molecular weight is 142 g/mol. The lowest BCUT2D eigenvalue weighted by atomic mass is 10.2. The maximum atomic E-state index is 5.49. The molecule has 0 radical (unpaired) electrons. The molecule has 1 rings (SSSR count). The van der Waals surface area contributed by atoms with Crippen LogP contribution >= 0.6 is 0 Å². The van der Waals surface area contributed by atoms with Crippen LogP contribution in [0.25, 0.3) is 0 Å². The predicted molar refractivity (Wildman–Crippen MR) is 43.9 cm³/mol. The van der Waals surface area contributed by atoms with Crippen molar-refractivity contribution in [1.82, 2.24) is 4.90 Å². The Morgan fingerprint density at radius 3 is 2.20 bits per heavy atom. The minimum Gasteiger partial charge on any atom is -0.329 e. The average Bonchev–Trinajstić information content (AvgIpc) is 2.20. The van der Waals surface area contributed by atoms with E-state index in [1.807, 2.05) is 0 Å². The van der Waals surface area contributed by atoms with Crippen molar-refractivity contribution in [3.8, 4) is 0 Å². The normalized spacial score (nSPS) is 35.1. The van der Waals surface area contributed by atoms with Crippen LogP contribution in [0.15, 0.2) is 0 Å². The first-order chi connectivity index (χ1) is 4.75. The third kappa shape index (κ3) is 1.50. The lowest BCUT2D eigenvalue weighted by molar-refractivity contribution is 0.221. The van der Waals surface area contributed by atoms with Crippen molar-refractivity contribution in [2.45, 2.75) is 38.8 Å². The van der Waals surface area contributed by atoms with Gasteiger partial charge in [-0.05, 0) is 26.7 Å². The molecular weight excluding hydrogens is 124 g/mol. The summed E-state index contributed by atoms with van der Waals surface area (Å²) in [4.78, 5) is 2.50. The van der Waals surface area contributed by atoms with Crippen LogP contribution in [0.4, 0.5) is 0 Å². The molecule has 10 heavy (non-hydrogen) atoms. The summed E-state index contributed by atoms with van der Waals surface area (Å²) in [7, 11) is 0. The molecule has 60 valence electrons. The van der Waals surface area contributed by atoms with Crippen LogP contribution < -0.4 is 5.73 Å². The first kappa shape index (κ1) is 8.02. The van der Waals surface area contributed by atoms with E-state index in [1.54, 1.807) is 0 Å². The van der Waals surface area contributed by atoms with Crippen molar-refractivity contribution in [2.24, 2.45) is 5.73 Å². The van der Waals surface area contributed by atoms with E-state index in [0.29, 0.717) is 0 Å². The molecule has 2 heteroatoms. The Hall–Kier alpha value is -0.0800. The van der Waals surface area contributed by atoms with E-state index in [0.717, 1.165) is 25.2 Å². The molecule has 0 aromatic carbocycles. The number of likely N-dealkylation sites (tertiary alicyclic amines) is 1. The van der Waals surface area contributed by atoms with Crippen molar-refractivity contribution in [3.63, 3.8) is 0 Å². The van der Waals surface area contributed by atoms with E-state index in [1.165, 1.54) is 12.8 Å². The molecule has 1 aliphatic rings. The summed E-state index contributed by atoms with van der Waals surface area (Å²) in [5.41, 5.74) is 5.49. The second-order valence-corrected chi connectivity index (χ2v) is 3.30. The zero-order valence-corrected chi connectivity index (χ0v) is 7.01. The van der Waals surface area contributed by atoms with Gasteiger partial charge in [0.15, 0.2) is 0 Å². The molecule has 2 N–H and O–H groups in total. The van der Waals surface area contributed by atoms with Gasteiger partial charge in [0.1, 0.15) is 0 Å². The molecule has 2 atom stereocenters. The Balaban J connectivity index is 2.38. The van der Waals surface area contributed by atoms with Gasteiger partial charge in [0.2, 0.25) is 0 Å². The van der Waals surface area contributed by atoms with Gasteiger partial charge in [0.25, 0.3) is 0 Å². The number of nitrogens with two attached hydrogens (primary N) is 1. The lowest BCUT2D eigenvalue weighted by Crippen LogP contribution is -2.36. The fourth-order valence-electron chi connectivity index (χ4n) is 1.84. The van der Waals surface area contributed by atoms with E-state index < -0.39 is 0 Å². The summed E-state index contributed by atoms with van der Waals surface area (Å²) in [6.45, 7) is 6.45. The minimum absolute atomic E-state index is 0.763. The second-order valence-electron chi connectivity index (χ2n) is 3.30. The van der Waals surface area contributed by atoms with Crippen molar-refractivity contribution >= 4 is 0 Å². The molecule has 2 nitrogen and oxygen atoms in total. The summed E-state index contributed by atoms with van der Waals surface area (Å²) in [6.07, 6.45) is 2.70. The van der Waals surface area contributed by atoms with E-state index in [4.69, 9.17) is 5.73 Å². The molecule has 0 saturated carbocycles. The monoisotopic (exact) mass is 142 g/mol. The highest BCUT2D eigenvalue weighted by Gasteiger charge is 2.25. The van der Waals surface area contributed by atoms with Crippen LogP contribution in [0.5, 0.6) is 0 Å². The number of rotatable bonds is 2. The van der Waals surface area contributed by atoms with Crippen molar-refractivity contribution in [3.05, 3.63) is 0 Å². The van der Waals surface area contributed by atoms with Gasteiger partial charge in [-0.15, -0.1) is 0 Å². The first-order valence-corrected chi connectivity index (χ1v) is 4.21. The second kappa shape index (κ2) is 3.35. The Bertz CT molecular complexity index is 93.4. The molecule has 1 aliphatic heterocycles. The molecule has 0 bridgehead atoms. The lowest BCUT2D eigenvalue weighted by Gasteiger charge is -2.24. The summed E-state index contributed by atoms with van der Waals surface area (Å²) in [6, 6.07) is 1.53. The Labute approximate surface area is 63.4 Å². The van der Waals surface area contributed by atoms with E-state index in [2.05, 4.69) is 18.7 Å². The predicted octanol–water partition coefficient (Wildman–Crippen LogP) is 0.818. The van der Waals surface area contributed by atoms with Crippen LogP contribution in [-0.2, 0) is 0 Å². The summed E-state index contributed by atoms with van der Waals surface area (Å²) >= 11 is 0. The maximum absolute atomic E-state index is 5.49. The summed E-state index contributed by atoms with van der Waals surface area (Å²) in [5.74, 6) is 0. The fourth-order valence-corrected chi connectivity index (χ4v) is 1.84. The molecule has 1 heterocycles. The van der Waals surface area contributed by atoms with Gasteiger partial charge in [-0.25, -0.2) is 0 Å². The highest BCUT2D eigenvalue weighted by Crippen LogP contribution is 2.22. The Kier molecular flexibility index (Phi) is 2.69. The molecule has 1 saturated heterocycles. The van der Waals surface area contributed by atoms with Crippen molar-refractivity contribution < 1.29 is 0 Å². The van der Waals surface area contributed by atoms with Gasteiger partial charge in [-0.2, -0.15) is 0 Å². The molecular formula is C8H18N2. The van der Waals surface area contributed by atoms with Crippen LogP contribution in [0, 0.1) is 0 Å². The largest absolute Gasteiger partial charge is 0.329 e. The zero-order valence-electron chi connectivity index (χ0n) is 7.01. The summed E-state index contributed by atoms with van der Waals surface area (Å²) < 4.78 is 0. The molecule has 0 aliphatic carbocycles. The third-order valence-electron chi connectivity index (χ3n) is 2.52.